The highest BCUT2D eigenvalue weighted by atomic mass is 16.7. The first kappa shape index (κ1) is 15.7. The second kappa shape index (κ2) is 6.23. The molecule has 2 aliphatic heterocycles. The summed E-state index contributed by atoms with van der Waals surface area (Å²) < 4.78 is 10.6. The van der Waals surface area contributed by atoms with E-state index in [1.54, 1.807) is 25.1 Å². The number of piperidine rings is 1. The number of nitrogens with zero attached hydrogens (tertiary/aromatic N) is 2. The SMILES string of the molecule is Cc1cc(=O)[nH]c([C@H]2CCCN(C(=O)c3ccc4c(c3)OCO4)C2)n1. The molecular formula is C18H19N3O4. The van der Waals surface area contributed by atoms with Crippen LogP contribution in [-0.2, 0) is 0 Å². The lowest BCUT2D eigenvalue weighted by Crippen LogP contribution is -2.39. The van der Waals surface area contributed by atoms with Gasteiger partial charge < -0.3 is 19.4 Å². The van der Waals surface area contributed by atoms with Gasteiger partial charge in [0.1, 0.15) is 5.82 Å². The molecule has 0 unspecified atom stereocenters. The molecular weight excluding hydrogens is 322 g/mol. The third-order valence-corrected chi connectivity index (χ3v) is 4.60. The number of nitrogens with one attached hydrogen (secondary N) is 1. The molecule has 7 nitrogen and oxygen atoms in total. The van der Waals surface area contributed by atoms with Gasteiger partial charge in [0.2, 0.25) is 6.79 Å². The molecule has 0 saturated carbocycles. The van der Waals surface area contributed by atoms with Gasteiger partial charge in [-0.25, -0.2) is 4.98 Å². The maximum Gasteiger partial charge on any atom is 0.254 e. The predicted molar refractivity (Wildman–Crippen MR) is 90.0 cm³/mol. The van der Waals surface area contributed by atoms with Gasteiger partial charge in [0, 0.05) is 36.3 Å². The van der Waals surface area contributed by atoms with E-state index >= 15 is 0 Å². The molecule has 1 amide bonds. The molecule has 0 spiro atoms. The van der Waals surface area contributed by atoms with Gasteiger partial charge in [-0.15, -0.1) is 0 Å². The highest BCUT2D eigenvalue weighted by molar-refractivity contribution is 5.95. The van der Waals surface area contributed by atoms with E-state index in [0.717, 1.165) is 12.8 Å². The third kappa shape index (κ3) is 3.09. The minimum atomic E-state index is -0.151. The molecule has 1 aromatic heterocycles. The van der Waals surface area contributed by atoms with E-state index in [0.29, 0.717) is 41.7 Å². The van der Waals surface area contributed by atoms with Gasteiger partial charge in [-0.3, -0.25) is 9.59 Å². The molecule has 1 saturated heterocycles. The number of aromatic nitrogens is 2. The van der Waals surface area contributed by atoms with E-state index in [9.17, 15) is 9.59 Å². The van der Waals surface area contributed by atoms with Crippen molar-refractivity contribution in [2.75, 3.05) is 19.9 Å². The zero-order valence-electron chi connectivity index (χ0n) is 13.9. The molecule has 25 heavy (non-hydrogen) atoms. The highest BCUT2D eigenvalue weighted by Gasteiger charge is 2.28. The van der Waals surface area contributed by atoms with Crippen LogP contribution in [0.4, 0.5) is 0 Å². The maximum atomic E-state index is 12.8. The number of fused-ring (bicyclic) bond motifs is 1. The number of hydrogen-bond donors (Lipinski definition) is 1. The van der Waals surface area contributed by atoms with Crippen LogP contribution in [-0.4, -0.2) is 40.7 Å². The molecule has 4 rings (SSSR count). The number of aryl methyl sites for hydroxylation is 1. The number of H-pyrrole nitrogens is 1. The Bertz CT molecular complexity index is 877. The minimum Gasteiger partial charge on any atom is -0.454 e. The molecule has 130 valence electrons. The van der Waals surface area contributed by atoms with E-state index in [2.05, 4.69) is 9.97 Å². The second-order valence-corrected chi connectivity index (χ2v) is 6.43. The Hall–Kier alpha value is -2.83. The molecule has 2 aliphatic rings. The molecule has 1 fully saturated rings. The van der Waals surface area contributed by atoms with Crippen molar-refractivity contribution in [3.63, 3.8) is 0 Å². The Morgan fingerprint density at radius 3 is 2.96 bits per heavy atom. The number of amides is 1. The number of aromatic amines is 1. The average Bonchev–Trinajstić information content (AvgIpc) is 3.08. The van der Waals surface area contributed by atoms with Crippen LogP contribution >= 0.6 is 0 Å². The molecule has 0 radical (unpaired) electrons. The fraction of sp³-hybridized carbons (Fsp3) is 0.389. The summed E-state index contributed by atoms with van der Waals surface area (Å²) in [6.45, 7) is 3.22. The maximum absolute atomic E-state index is 12.8. The number of rotatable bonds is 2. The lowest BCUT2D eigenvalue weighted by Gasteiger charge is -2.32. The monoisotopic (exact) mass is 341 g/mol. The molecule has 1 aromatic carbocycles. The van der Waals surface area contributed by atoms with Crippen LogP contribution in [0.2, 0.25) is 0 Å². The van der Waals surface area contributed by atoms with Crippen molar-refractivity contribution in [1.29, 1.82) is 0 Å². The van der Waals surface area contributed by atoms with E-state index in [1.165, 1.54) is 6.07 Å². The van der Waals surface area contributed by atoms with Crippen molar-refractivity contribution in [2.45, 2.75) is 25.7 Å². The first-order valence-corrected chi connectivity index (χ1v) is 8.37. The Balaban J connectivity index is 1.54. The summed E-state index contributed by atoms with van der Waals surface area (Å²) in [5.41, 5.74) is 1.12. The van der Waals surface area contributed by atoms with Gasteiger partial charge in [-0.1, -0.05) is 0 Å². The first-order valence-electron chi connectivity index (χ1n) is 8.37. The number of ether oxygens (including phenoxy) is 2. The van der Waals surface area contributed by atoms with Crippen LogP contribution < -0.4 is 15.0 Å². The van der Waals surface area contributed by atoms with Crippen LogP contribution in [0, 0.1) is 6.92 Å². The zero-order valence-corrected chi connectivity index (χ0v) is 13.9. The number of carbonyl (C=O) groups is 1. The summed E-state index contributed by atoms with van der Waals surface area (Å²) in [6.07, 6.45) is 1.77. The smallest absolute Gasteiger partial charge is 0.254 e. The molecule has 3 heterocycles. The average molecular weight is 341 g/mol. The number of likely N-dealkylation sites (tertiary alicyclic amines) is 1. The van der Waals surface area contributed by atoms with Crippen molar-refractivity contribution >= 4 is 5.91 Å². The van der Waals surface area contributed by atoms with Crippen LogP contribution in [0.3, 0.4) is 0 Å². The molecule has 7 heteroatoms. The quantitative estimate of drug-likeness (QED) is 0.901. The summed E-state index contributed by atoms with van der Waals surface area (Å²) in [5.74, 6) is 1.92. The van der Waals surface area contributed by atoms with E-state index < -0.39 is 0 Å². The Morgan fingerprint density at radius 1 is 1.28 bits per heavy atom. The van der Waals surface area contributed by atoms with Gasteiger partial charge in [0.15, 0.2) is 11.5 Å². The van der Waals surface area contributed by atoms with Crippen LogP contribution in [0.5, 0.6) is 11.5 Å². The second-order valence-electron chi connectivity index (χ2n) is 6.43. The van der Waals surface area contributed by atoms with Gasteiger partial charge in [-0.2, -0.15) is 0 Å². The molecule has 1 atom stereocenters. The summed E-state index contributed by atoms with van der Waals surface area (Å²) in [6, 6.07) is 6.71. The van der Waals surface area contributed by atoms with E-state index in [4.69, 9.17) is 9.47 Å². The molecule has 2 aromatic rings. The summed E-state index contributed by atoms with van der Waals surface area (Å²) in [7, 11) is 0. The lowest BCUT2D eigenvalue weighted by atomic mass is 9.96. The van der Waals surface area contributed by atoms with Gasteiger partial charge >= 0.3 is 0 Å². The fourth-order valence-electron chi connectivity index (χ4n) is 3.39. The Kier molecular flexibility index (Phi) is 3.91. The fourth-order valence-corrected chi connectivity index (χ4v) is 3.39. The summed E-state index contributed by atoms with van der Waals surface area (Å²) >= 11 is 0. The van der Waals surface area contributed by atoms with Crippen molar-refractivity contribution in [3.8, 4) is 11.5 Å². The Morgan fingerprint density at radius 2 is 2.12 bits per heavy atom. The van der Waals surface area contributed by atoms with Crippen LogP contribution in [0.15, 0.2) is 29.1 Å². The highest BCUT2D eigenvalue weighted by Crippen LogP contribution is 2.33. The third-order valence-electron chi connectivity index (χ3n) is 4.60. The van der Waals surface area contributed by atoms with Gasteiger partial charge in [-0.05, 0) is 38.0 Å². The standard InChI is InChI=1S/C18H19N3O4/c1-11-7-16(22)20-17(19-11)13-3-2-6-21(9-13)18(23)12-4-5-14-15(8-12)25-10-24-14/h4-5,7-8,13H,2-3,6,9-10H2,1H3,(H,19,20,22)/t13-/m0/s1. The first-order chi connectivity index (χ1) is 12.1. The molecule has 0 bridgehead atoms. The molecule has 1 N–H and O–H groups in total. The van der Waals surface area contributed by atoms with Gasteiger partial charge in [0.25, 0.3) is 11.5 Å². The van der Waals surface area contributed by atoms with E-state index in [-0.39, 0.29) is 24.2 Å². The van der Waals surface area contributed by atoms with Crippen LogP contribution in [0.25, 0.3) is 0 Å². The van der Waals surface area contributed by atoms with E-state index in [1.807, 2.05) is 4.90 Å². The topological polar surface area (TPSA) is 84.5 Å². The molecule has 0 aliphatic carbocycles. The number of carbonyl (C=O) groups excluding carboxylic acids is 1. The zero-order chi connectivity index (χ0) is 17.4. The van der Waals surface area contributed by atoms with Crippen molar-refractivity contribution in [1.82, 2.24) is 14.9 Å². The number of hydrogen-bond acceptors (Lipinski definition) is 5. The largest absolute Gasteiger partial charge is 0.454 e. The Labute approximate surface area is 144 Å². The predicted octanol–water partition coefficient (Wildman–Crippen LogP) is 1.83. The summed E-state index contributed by atoms with van der Waals surface area (Å²) in [4.78, 5) is 33.6. The van der Waals surface area contributed by atoms with Crippen molar-refractivity contribution in [2.24, 2.45) is 0 Å². The normalized spacial score (nSPS) is 19.1. The minimum absolute atomic E-state index is 0.0410. The number of benzene rings is 1. The van der Waals surface area contributed by atoms with Gasteiger partial charge in [0.05, 0.1) is 0 Å². The van der Waals surface area contributed by atoms with Crippen LogP contribution in [0.1, 0.15) is 40.6 Å². The summed E-state index contributed by atoms with van der Waals surface area (Å²) in [5, 5.41) is 0. The lowest BCUT2D eigenvalue weighted by molar-refractivity contribution is 0.0704. The van der Waals surface area contributed by atoms with Crippen molar-refractivity contribution in [3.05, 3.63) is 51.7 Å². The van der Waals surface area contributed by atoms with Crippen molar-refractivity contribution < 1.29 is 14.3 Å².